The second kappa shape index (κ2) is 8.11. The van der Waals surface area contributed by atoms with Gasteiger partial charge in [-0.3, -0.25) is 9.10 Å². The minimum absolute atomic E-state index is 0.118. The number of nitrogens with one attached hydrogen (secondary N) is 1. The molecular weight excluding hydrogens is 343 g/mol. The standard InChI is InChI=1S/C18H21FN2O3S/c1-3-12-20-18(22)14-8-10-16(11-9-14)21(25(2,23)24)13-15-6-4-5-7-17(15)19/h4-11H,3,12-13H2,1-2H3,(H,20,22). The van der Waals surface area contributed by atoms with Crippen LogP contribution < -0.4 is 9.62 Å². The van der Waals surface area contributed by atoms with Crippen LogP contribution in [0.15, 0.2) is 48.5 Å². The summed E-state index contributed by atoms with van der Waals surface area (Å²) in [4.78, 5) is 11.9. The van der Waals surface area contributed by atoms with Crippen LogP contribution in [-0.2, 0) is 16.6 Å². The number of hydrogen-bond acceptors (Lipinski definition) is 3. The average Bonchev–Trinajstić information content (AvgIpc) is 2.58. The Kier molecular flexibility index (Phi) is 6.14. The van der Waals surface area contributed by atoms with Crippen molar-refractivity contribution in [3.63, 3.8) is 0 Å². The van der Waals surface area contributed by atoms with Gasteiger partial charge in [-0.25, -0.2) is 12.8 Å². The van der Waals surface area contributed by atoms with Gasteiger partial charge in [-0.2, -0.15) is 0 Å². The Morgan fingerprint density at radius 3 is 2.32 bits per heavy atom. The van der Waals surface area contributed by atoms with Crippen molar-refractivity contribution in [1.82, 2.24) is 5.32 Å². The molecule has 1 amide bonds. The van der Waals surface area contributed by atoms with Crippen molar-refractivity contribution in [2.45, 2.75) is 19.9 Å². The van der Waals surface area contributed by atoms with Crippen LogP contribution in [0.1, 0.15) is 29.3 Å². The SMILES string of the molecule is CCCNC(=O)c1ccc(N(Cc2ccccc2F)S(C)(=O)=O)cc1. The van der Waals surface area contributed by atoms with Crippen LogP contribution in [0, 0.1) is 5.82 Å². The molecule has 7 heteroatoms. The van der Waals surface area contributed by atoms with Gasteiger partial charge in [-0.05, 0) is 36.8 Å². The van der Waals surface area contributed by atoms with E-state index in [0.717, 1.165) is 17.0 Å². The van der Waals surface area contributed by atoms with Crippen LogP contribution in [-0.4, -0.2) is 27.1 Å². The molecule has 2 aromatic rings. The van der Waals surface area contributed by atoms with Crippen LogP contribution in [0.3, 0.4) is 0 Å². The molecule has 0 radical (unpaired) electrons. The maximum Gasteiger partial charge on any atom is 0.251 e. The molecule has 0 saturated carbocycles. The molecule has 2 rings (SSSR count). The summed E-state index contributed by atoms with van der Waals surface area (Å²) >= 11 is 0. The predicted molar refractivity (Wildman–Crippen MR) is 96.5 cm³/mol. The molecule has 5 nitrogen and oxygen atoms in total. The molecule has 0 atom stereocenters. The zero-order chi connectivity index (χ0) is 18.4. The summed E-state index contributed by atoms with van der Waals surface area (Å²) in [6, 6.07) is 12.2. The first-order valence-electron chi connectivity index (χ1n) is 7.92. The average molecular weight is 364 g/mol. The highest BCUT2D eigenvalue weighted by molar-refractivity contribution is 7.92. The van der Waals surface area contributed by atoms with Gasteiger partial charge in [-0.15, -0.1) is 0 Å². The van der Waals surface area contributed by atoms with Crippen molar-refractivity contribution in [1.29, 1.82) is 0 Å². The fourth-order valence-corrected chi connectivity index (χ4v) is 3.18. The van der Waals surface area contributed by atoms with Crippen molar-refractivity contribution in [3.05, 3.63) is 65.5 Å². The lowest BCUT2D eigenvalue weighted by Crippen LogP contribution is -2.30. The highest BCUT2D eigenvalue weighted by Crippen LogP contribution is 2.22. The first-order valence-corrected chi connectivity index (χ1v) is 9.77. The van der Waals surface area contributed by atoms with Gasteiger partial charge < -0.3 is 5.32 Å². The molecule has 0 aromatic heterocycles. The first-order chi connectivity index (χ1) is 11.8. The largest absolute Gasteiger partial charge is 0.352 e. The molecule has 2 aromatic carbocycles. The Hall–Kier alpha value is -2.41. The zero-order valence-corrected chi connectivity index (χ0v) is 15.0. The Morgan fingerprint density at radius 1 is 1.12 bits per heavy atom. The summed E-state index contributed by atoms with van der Waals surface area (Å²) in [5.41, 5.74) is 1.09. The summed E-state index contributed by atoms with van der Waals surface area (Å²) < 4.78 is 39.2. The van der Waals surface area contributed by atoms with E-state index < -0.39 is 15.8 Å². The number of benzene rings is 2. The fraction of sp³-hybridized carbons (Fsp3) is 0.278. The Labute approximate surface area is 147 Å². The second-order valence-corrected chi connectivity index (χ2v) is 7.57. The van der Waals surface area contributed by atoms with E-state index in [9.17, 15) is 17.6 Å². The van der Waals surface area contributed by atoms with Crippen molar-refractivity contribution >= 4 is 21.6 Å². The molecule has 0 aliphatic heterocycles. The van der Waals surface area contributed by atoms with Gasteiger partial charge in [0.1, 0.15) is 5.82 Å². The van der Waals surface area contributed by atoms with Crippen LogP contribution in [0.25, 0.3) is 0 Å². The number of nitrogens with zero attached hydrogens (tertiary/aromatic N) is 1. The van der Waals surface area contributed by atoms with Gasteiger partial charge >= 0.3 is 0 Å². The Bertz CT molecular complexity index is 836. The van der Waals surface area contributed by atoms with Gasteiger partial charge in [0.25, 0.3) is 5.91 Å². The van der Waals surface area contributed by atoms with Gasteiger partial charge in [-0.1, -0.05) is 25.1 Å². The number of rotatable bonds is 7. The lowest BCUT2D eigenvalue weighted by Gasteiger charge is -2.23. The van der Waals surface area contributed by atoms with Crippen LogP contribution >= 0.6 is 0 Å². The van der Waals surface area contributed by atoms with Crippen LogP contribution in [0.2, 0.25) is 0 Å². The van der Waals surface area contributed by atoms with Gasteiger partial charge in [0.2, 0.25) is 10.0 Å². The monoisotopic (exact) mass is 364 g/mol. The maximum absolute atomic E-state index is 13.9. The molecular formula is C18H21FN2O3S. The highest BCUT2D eigenvalue weighted by atomic mass is 32.2. The number of anilines is 1. The minimum atomic E-state index is -3.61. The highest BCUT2D eigenvalue weighted by Gasteiger charge is 2.19. The zero-order valence-electron chi connectivity index (χ0n) is 14.2. The number of carbonyl (C=O) groups excluding carboxylic acids is 1. The molecule has 0 unspecified atom stereocenters. The third-order valence-electron chi connectivity index (χ3n) is 3.63. The van der Waals surface area contributed by atoms with Crippen molar-refractivity contribution in [2.75, 3.05) is 17.1 Å². The van der Waals surface area contributed by atoms with E-state index >= 15 is 0 Å². The summed E-state index contributed by atoms with van der Waals surface area (Å²) in [6.07, 6.45) is 1.89. The van der Waals surface area contributed by atoms with E-state index in [1.165, 1.54) is 6.07 Å². The number of carbonyl (C=O) groups is 1. The van der Waals surface area contributed by atoms with Crippen LogP contribution in [0.5, 0.6) is 0 Å². The van der Waals surface area contributed by atoms with Gasteiger partial charge in [0.15, 0.2) is 0 Å². The molecule has 1 N–H and O–H groups in total. The number of hydrogen-bond donors (Lipinski definition) is 1. The molecule has 0 aliphatic rings. The van der Waals surface area contributed by atoms with Crippen molar-refractivity contribution in [2.24, 2.45) is 0 Å². The lowest BCUT2D eigenvalue weighted by atomic mass is 10.1. The quantitative estimate of drug-likeness (QED) is 0.821. The molecule has 0 bridgehead atoms. The second-order valence-electron chi connectivity index (χ2n) is 5.66. The van der Waals surface area contributed by atoms with Crippen LogP contribution in [0.4, 0.5) is 10.1 Å². The third kappa shape index (κ3) is 5.03. The summed E-state index contributed by atoms with van der Waals surface area (Å²) in [5, 5.41) is 2.75. The molecule has 134 valence electrons. The predicted octanol–water partition coefficient (Wildman–Crippen LogP) is 2.93. The molecule has 0 aliphatic carbocycles. The summed E-state index contributed by atoms with van der Waals surface area (Å²) in [5.74, 6) is -0.680. The van der Waals surface area contributed by atoms with Gasteiger partial charge in [0, 0.05) is 17.7 Å². The molecule has 0 spiro atoms. The minimum Gasteiger partial charge on any atom is -0.352 e. The maximum atomic E-state index is 13.9. The van der Waals surface area contributed by atoms with E-state index in [-0.39, 0.29) is 18.0 Å². The Balaban J connectivity index is 2.27. The summed E-state index contributed by atoms with van der Waals surface area (Å²) in [7, 11) is -3.61. The smallest absolute Gasteiger partial charge is 0.251 e. The fourth-order valence-electron chi connectivity index (χ4n) is 2.30. The molecule has 0 heterocycles. The van der Waals surface area contributed by atoms with E-state index in [1.807, 2.05) is 6.92 Å². The van der Waals surface area contributed by atoms with Gasteiger partial charge in [0.05, 0.1) is 18.5 Å². The van der Waals surface area contributed by atoms with E-state index in [4.69, 9.17) is 0 Å². The third-order valence-corrected chi connectivity index (χ3v) is 4.77. The lowest BCUT2D eigenvalue weighted by molar-refractivity contribution is 0.0953. The topological polar surface area (TPSA) is 66.5 Å². The molecule has 25 heavy (non-hydrogen) atoms. The Morgan fingerprint density at radius 2 is 1.76 bits per heavy atom. The number of amides is 1. The number of halogens is 1. The number of sulfonamides is 1. The molecule has 0 fully saturated rings. The normalized spacial score (nSPS) is 11.2. The van der Waals surface area contributed by atoms with E-state index in [1.54, 1.807) is 42.5 Å². The summed E-state index contributed by atoms with van der Waals surface area (Å²) in [6.45, 7) is 2.41. The first kappa shape index (κ1) is 18.9. The van der Waals surface area contributed by atoms with E-state index in [2.05, 4.69) is 5.32 Å². The van der Waals surface area contributed by atoms with E-state index in [0.29, 0.717) is 17.8 Å². The van der Waals surface area contributed by atoms with Crippen molar-refractivity contribution < 1.29 is 17.6 Å². The molecule has 0 saturated heterocycles. The van der Waals surface area contributed by atoms with Crippen molar-refractivity contribution in [3.8, 4) is 0 Å².